The van der Waals surface area contributed by atoms with E-state index in [1.54, 1.807) is 10.7 Å². The molecule has 0 radical (unpaired) electrons. The van der Waals surface area contributed by atoms with E-state index >= 15 is 0 Å². The molecule has 0 aliphatic heterocycles. The molecule has 0 saturated heterocycles. The van der Waals surface area contributed by atoms with Crippen LogP contribution in [0.3, 0.4) is 0 Å². The van der Waals surface area contributed by atoms with Crippen LogP contribution in [0.5, 0.6) is 0 Å². The Morgan fingerprint density at radius 1 is 1.10 bits per heavy atom. The first-order valence-electron chi connectivity index (χ1n) is 9.18. The van der Waals surface area contributed by atoms with Crippen LogP contribution < -0.4 is 5.43 Å². The summed E-state index contributed by atoms with van der Waals surface area (Å²) in [5.41, 5.74) is 5.88. The van der Waals surface area contributed by atoms with E-state index in [2.05, 4.69) is 20.6 Å². The van der Waals surface area contributed by atoms with Crippen molar-refractivity contribution >= 4 is 46.2 Å². The van der Waals surface area contributed by atoms with Crippen LogP contribution in [0.4, 0.5) is 0 Å². The number of rotatable bonds is 5. The van der Waals surface area contributed by atoms with Crippen molar-refractivity contribution < 1.29 is 4.79 Å². The van der Waals surface area contributed by atoms with Crippen molar-refractivity contribution in [3.63, 3.8) is 0 Å². The zero-order valence-corrected chi connectivity index (χ0v) is 17.5. The number of hydrogen-bond donors (Lipinski definition) is 1. The van der Waals surface area contributed by atoms with Gasteiger partial charge in [0.25, 0.3) is 5.91 Å². The predicted molar refractivity (Wildman–Crippen MR) is 119 cm³/mol. The molecular formula is C22H17Cl2N5O. The average Bonchev–Trinajstić information content (AvgIpc) is 3.02. The van der Waals surface area contributed by atoms with Crippen molar-refractivity contribution in [3.8, 4) is 0 Å². The first kappa shape index (κ1) is 20.1. The van der Waals surface area contributed by atoms with Crippen molar-refractivity contribution in [2.45, 2.75) is 13.5 Å². The standard InChI is InChI=1S/C22H17Cl2N5O/c1-14-18(21(24)29(28-14)13-15-6-9-17(23)10-7-15)12-25-27-22(30)20-11-8-16-4-2-3-5-19(16)26-20/h2-12H,13H2,1H3,(H,27,30)/b25-12+. The smallest absolute Gasteiger partial charge is 0.266 e. The Kier molecular flexibility index (Phi) is 5.79. The first-order valence-corrected chi connectivity index (χ1v) is 9.93. The zero-order valence-electron chi connectivity index (χ0n) is 16.0. The molecule has 4 rings (SSSR count). The number of benzene rings is 2. The van der Waals surface area contributed by atoms with Gasteiger partial charge in [-0.05, 0) is 36.8 Å². The maximum atomic E-state index is 12.4. The maximum Gasteiger partial charge on any atom is 0.289 e. The highest BCUT2D eigenvalue weighted by Crippen LogP contribution is 2.20. The van der Waals surface area contributed by atoms with Crippen LogP contribution in [-0.2, 0) is 6.54 Å². The summed E-state index contributed by atoms with van der Waals surface area (Å²) in [6, 6.07) is 18.6. The average molecular weight is 438 g/mol. The summed E-state index contributed by atoms with van der Waals surface area (Å²) in [4.78, 5) is 16.7. The third-order valence-corrected chi connectivity index (χ3v) is 5.20. The first-order chi connectivity index (χ1) is 14.5. The molecule has 0 aliphatic rings. The monoisotopic (exact) mass is 437 g/mol. The van der Waals surface area contributed by atoms with Crippen molar-refractivity contribution in [1.82, 2.24) is 20.2 Å². The van der Waals surface area contributed by atoms with Gasteiger partial charge in [0.1, 0.15) is 10.8 Å². The van der Waals surface area contributed by atoms with Gasteiger partial charge in [-0.2, -0.15) is 10.2 Å². The van der Waals surface area contributed by atoms with Crippen LogP contribution in [0.25, 0.3) is 10.9 Å². The van der Waals surface area contributed by atoms with Gasteiger partial charge in [-0.1, -0.05) is 59.6 Å². The van der Waals surface area contributed by atoms with E-state index in [0.29, 0.717) is 28.0 Å². The van der Waals surface area contributed by atoms with Gasteiger partial charge in [-0.15, -0.1) is 0 Å². The van der Waals surface area contributed by atoms with Crippen molar-refractivity contribution in [1.29, 1.82) is 0 Å². The second kappa shape index (κ2) is 8.65. The number of fused-ring (bicyclic) bond motifs is 1. The molecule has 0 saturated carbocycles. The summed E-state index contributed by atoms with van der Waals surface area (Å²) in [6.45, 7) is 2.33. The highest BCUT2D eigenvalue weighted by molar-refractivity contribution is 6.32. The molecule has 6 nitrogen and oxygen atoms in total. The third-order valence-electron chi connectivity index (χ3n) is 4.55. The quantitative estimate of drug-likeness (QED) is 0.357. The Bertz CT molecular complexity index is 1250. The highest BCUT2D eigenvalue weighted by atomic mass is 35.5. The topological polar surface area (TPSA) is 72.2 Å². The van der Waals surface area contributed by atoms with Crippen LogP contribution in [0.15, 0.2) is 65.8 Å². The molecule has 4 aromatic rings. The van der Waals surface area contributed by atoms with Crippen LogP contribution in [0, 0.1) is 6.92 Å². The molecule has 0 unspecified atom stereocenters. The van der Waals surface area contributed by atoms with Crippen molar-refractivity contribution in [2.75, 3.05) is 0 Å². The summed E-state index contributed by atoms with van der Waals surface area (Å²) in [6.07, 6.45) is 1.49. The molecular weight excluding hydrogens is 421 g/mol. The van der Waals surface area contributed by atoms with Crippen LogP contribution in [0.2, 0.25) is 10.2 Å². The minimum Gasteiger partial charge on any atom is -0.266 e. The molecule has 2 aromatic carbocycles. The van der Waals surface area contributed by atoms with Gasteiger partial charge in [0.2, 0.25) is 0 Å². The highest BCUT2D eigenvalue weighted by Gasteiger charge is 2.13. The molecule has 0 fully saturated rings. The van der Waals surface area contributed by atoms with Gasteiger partial charge >= 0.3 is 0 Å². The summed E-state index contributed by atoms with van der Waals surface area (Å²) in [7, 11) is 0. The molecule has 1 amide bonds. The van der Waals surface area contributed by atoms with E-state index in [0.717, 1.165) is 16.5 Å². The van der Waals surface area contributed by atoms with Gasteiger partial charge in [0.05, 0.1) is 29.5 Å². The lowest BCUT2D eigenvalue weighted by atomic mass is 10.2. The summed E-state index contributed by atoms with van der Waals surface area (Å²) >= 11 is 12.4. The lowest BCUT2D eigenvalue weighted by Crippen LogP contribution is -2.19. The number of nitrogens with zero attached hydrogens (tertiary/aromatic N) is 4. The minimum absolute atomic E-state index is 0.284. The van der Waals surface area contributed by atoms with E-state index in [-0.39, 0.29) is 5.69 Å². The summed E-state index contributed by atoms with van der Waals surface area (Å²) in [5.74, 6) is -0.403. The lowest BCUT2D eigenvalue weighted by Gasteiger charge is -2.04. The van der Waals surface area contributed by atoms with E-state index in [1.165, 1.54) is 6.21 Å². The number of carbonyl (C=O) groups is 1. The third kappa shape index (κ3) is 4.35. The number of para-hydroxylation sites is 1. The largest absolute Gasteiger partial charge is 0.289 e. The van der Waals surface area contributed by atoms with E-state index in [4.69, 9.17) is 23.2 Å². The van der Waals surface area contributed by atoms with Gasteiger partial charge in [0.15, 0.2) is 0 Å². The van der Waals surface area contributed by atoms with E-state index in [9.17, 15) is 4.79 Å². The number of pyridine rings is 1. The summed E-state index contributed by atoms with van der Waals surface area (Å²) in [5, 5.41) is 10.6. The summed E-state index contributed by atoms with van der Waals surface area (Å²) < 4.78 is 1.67. The Morgan fingerprint density at radius 2 is 1.87 bits per heavy atom. The molecule has 0 bridgehead atoms. The number of hydrogen-bond acceptors (Lipinski definition) is 4. The van der Waals surface area contributed by atoms with Gasteiger partial charge in [0, 0.05) is 10.4 Å². The Labute approximate surface area is 183 Å². The van der Waals surface area contributed by atoms with E-state index < -0.39 is 5.91 Å². The number of nitrogens with one attached hydrogen (secondary N) is 1. The van der Waals surface area contributed by atoms with Gasteiger partial charge in [-0.3, -0.25) is 4.79 Å². The molecule has 0 aliphatic carbocycles. The number of hydrazone groups is 1. The fourth-order valence-corrected chi connectivity index (χ4v) is 3.40. The van der Waals surface area contributed by atoms with E-state index in [1.807, 2.05) is 61.5 Å². The molecule has 8 heteroatoms. The number of aromatic nitrogens is 3. The van der Waals surface area contributed by atoms with Gasteiger partial charge < -0.3 is 0 Å². The number of carbonyl (C=O) groups excluding carboxylic acids is 1. The fourth-order valence-electron chi connectivity index (χ4n) is 2.99. The zero-order chi connectivity index (χ0) is 21.1. The van der Waals surface area contributed by atoms with Crippen LogP contribution in [0.1, 0.15) is 27.3 Å². The molecule has 150 valence electrons. The Morgan fingerprint density at radius 3 is 2.67 bits per heavy atom. The Hall–Kier alpha value is -3.22. The lowest BCUT2D eigenvalue weighted by molar-refractivity contribution is 0.0950. The second-order valence-electron chi connectivity index (χ2n) is 6.66. The van der Waals surface area contributed by atoms with Crippen molar-refractivity contribution in [3.05, 3.63) is 93.4 Å². The number of amides is 1. The Balaban J connectivity index is 1.47. The predicted octanol–water partition coefficient (Wildman–Crippen LogP) is 4.86. The fraction of sp³-hybridized carbons (Fsp3) is 0.0909. The van der Waals surface area contributed by atoms with Gasteiger partial charge in [-0.25, -0.2) is 15.1 Å². The molecule has 0 spiro atoms. The molecule has 2 heterocycles. The minimum atomic E-state index is -0.403. The molecule has 30 heavy (non-hydrogen) atoms. The SMILES string of the molecule is Cc1nn(Cc2ccc(Cl)cc2)c(Cl)c1/C=N/NC(=O)c1ccc2ccccc2n1. The number of aryl methyl sites for hydroxylation is 1. The normalized spacial score (nSPS) is 11.3. The van der Waals surface area contributed by atoms with Crippen molar-refractivity contribution in [2.24, 2.45) is 5.10 Å². The number of halogens is 2. The molecule has 1 N–H and O–H groups in total. The maximum absolute atomic E-state index is 12.4. The molecule has 0 atom stereocenters. The van der Waals surface area contributed by atoms with Crippen LogP contribution in [-0.4, -0.2) is 26.9 Å². The van der Waals surface area contributed by atoms with Crippen LogP contribution >= 0.6 is 23.2 Å². The second-order valence-corrected chi connectivity index (χ2v) is 7.46. The molecule has 2 aromatic heterocycles.